The summed E-state index contributed by atoms with van der Waals surface area (Å²) in [7, 11) is -0.515. The largest absolute Gasteiger partial charge is 0.497 e. The Morgan fingerprint density at radius 3 is 2.39 bits per heavy atom. The number of ether oxygens (including phenoxy) is 2. The van der Waals surface area contributed by atoms with Crippen LogP contribution in [-0.4, -0.2) is 24.3 Å². The monoisotopic (exact) mass is 326 g/mol. The maximum atomic E-state index is 12.8. The molecule has 2 aromatic carbocycles. The van der Waals surface area contributed by atoms with Crippen molar-refractivity contribution in [2.24, 2.45) is 0 Å². The molecule has 0 heterocycles. The van der Waals surface area contributed by atoms with Gasteiger partial charge in [-0.15, -0.1) is 0 Å². The molecule has 2 aromatic rings. The minimum atomic E-state index is -4.61. The van der Waals surface area contributed by atoms with Crippen molar-refractivity contribution >= 4 is 12.6 Å². The molecule has 0 aliphatic heterocycles. The predicted octanol–water partition coefficient (Wildman–Crippen LogP) is 1.97. The highest BCUT2D eigenvalue weighted by Gasteiger charge is 2.32. The van der Waals surface area contributed by atoms with Crippen LogP contribution in [0.4, 0.5) is 13.2 Å². The zero-order chi connectivity index (χ0) is 17.0. The molecule has 0 unspecified atom stereocenters. The van der Waals surface area contributed by atoms with Crippen molar-refractivity contribution in [2.75, 3.05) is 7.11 Å². The van der Waals surface area contributed by atoms with Gasteiger partial charge in [0.2, 0.25) is 0 Å². The van der Waals surface area contributed by atoms with E-state index >= 15 is 0 Å². The zero-order valence-corrected chi connectivity index (χ0v) is 12.2. The lowest BCUT2D eigenvalue weighted by atomic mass is 9.79. The number of halogens is 3. The summed E-state index contributed by atoms with van der Waals surface area (Å²) < 4.78 is 48.9. The van der Waals surface area contributed by atoms with Crippen LogP contribution in [-0.2, 0) is 12.8 Å². The average Bonchev–Trinajstić information content (AvgIpc) is 2.52. The Hall–Kier alpha value is -2.19. The van der Waals surface area contributed by atoms with Gasteiger partial charge in [0.1, 0.15) is 18.1 Å². The standard InChI is InChI=1S/C15H14BF3O4/c1-22-13-4-2-3-10(5-13)9-23-14-7-11(15(17,18)19)6-12(8-14)16(20)21/h2-8,20-21H,9H2,1H3. The molecule has 0 amide bonds. The van der Waals surface area contributed by atoms with E-state index in [2.05, 4.69) is 0 Å². The van der Waals surface area contributed by atoms with Crippen LogP contribution in [0.1, 0.15) is 11.1 Å². The van der Waals surface area contributed by atoms with E-state index in [0.717, 1.165) is 12.1 Å². The molecule has 0 saturated heterocycles. The smallest absolute Gasteiger partial charge is 0.488 e. The molecule has 8 heteroatoms. The first kappa shape index (κ1) is 17.2. The number of rotatable bonds is 5. The normalized spacial score (nSPS) is 11.2. The average molecular weight is 326 g/mol. The third kappa shape index (κ3) is 4.64. The maximum Gasteiger partial charge on any atom is 0.488 e. The van der Waals surface area contributed by atoms with E-state index in [-0.39, 0.29) is 17.8 Å². The van der Waals surface area contributed by atoms with Gasteiger partial charge in [0.05, 0.1) is 12.7 Å². The second kappa shape index (κ2) is 6.93. The molecule has 0 aromatic heterocycles. The summed E-state index contributed by atoms with van der Waals surface area (Å²) >= 11 is 0. The lowest BCUT2D eigenvalue weighted by Crippen LogP contribution is -2.31. The lowest BCUT2D eigenvalue weighted by Gasteiger charge is -2.13. The molecular formula is C15H14BF3O4. The third-order valence-corrected chi connectivity index (χ3v) is 3.09. The highest BCUT2D eigenvalue weighted by Crippen LogP contribution is 2.31. The first-order valence-corrected chi connectivity index (χ1v) is 6.63. The second-order valence-corrected chi connectivity index (χ2v) is 4.80. The Morgan fingerprint density at radius 1 is 1.04 bits per heavy atom. The van der Waals surface area contributed by atoms with Gasteiger partial charge in [0, 0.05) is 0 Å². The summed E-state index contributed by atoms with van der Waals surface area (Å²) in [6.45, 7) is 0.0134. The molecule has 23 heavy (non-hydrogen) atoms. The van der Waals surface area contributed by atoms with Gasteiger partial charge in [0.25, 0.3) is 0 Å². The summed E-state index contributed by atoms with van der Waals surface area (Å²) in [4.78, 5) is 0. The molecule has 4 nitrogen and oxygen atoms in total. The van der Waals surface area contributed by atoms with Crippen LogP contribution in [0.3, 0.4) is 0 Å². The number of hydrogen-bond donors (Lipinski definition) is 2. The minimum Gasteiger partial charge on any atom is -0.497 e. The fourth-order valence-electron chi connectivity index (χ4n) is 1.95. The SMILES string of the molecule is COc1cccc(COc2cc(B(O)O)cc(C(F)(F)F)c2)c1. The number of hydrogen-bond acceptors (Lipinski definition) is 4. The van der Waals surface area contributed by atoms with Gasteiger partial charge >= 0.3 is 13.3 Å². The van der Waals surface area contributed by atoms with Gasteiger partial charge in [-0.25, -0.2) is 0 Å². The summed E-state index contributed by atoms with van der Waals surface area (Å²) in [5.41, 5.74) is -0.600. The molecule has 0 aliphatic carbocycles. The van der Waals surface area contributed by atoms with Crippen molar-refractivity contribution in [1.82, 2.24) is 0 Å². The number of methoxy groups -OCH3 is 1. The van der Waals surface area contributed by atoms with Crippen LogP contribution < -0.4 is 14.9 Å². The van der Waals surface area contributed by atoms with Crippen LogP contribution in [0.5, 0.6) is 11.5 Å². The van der Waals surface area contributed by atoms with Crippen molar-refractivity contribution in [3.05, 3.63) is 53.6 Å². The minimum absolute atomic E-state index is 0.0134. The highest BCUT2D eigenvalue weighted by molar-refractivity contribution is 6.58. The maximum absolute atomic E-state index is 12.8. The van der Waals surface area contributed by atoms with E-state index in [0.29, 0.717) is 17.4 Å². The van der Waals surface area contributed by atoms with Crippen LogP contribution in [0.2, 0.25) is 0 Å². The van der Waals surface area contributed by atoms with Crippen LogP contribution in [0, 0.1) is 0 Å². The van der Waals surface area contributed by atoms with Gasteiger partial charge in [-0.05, 0) is 41.4 Å². The van der Waals surface area contributed by atoms with Crippen LogP contribution in [0.15, 0.2) is 42.5 Å². The van der Waals surface area contributed by atoms with Gasteiger partial charge in [-0.1, -0.05) is 12.1 Å². The van der Waals surface area contributed by atoms with E-state index in [1.807, 2.05) is 0 Å². The third-order valence-electron chi connectivity index (χ3n) is 3.09. The summed E-state index contributed by atoms with van der Waals surface area (Å²) in [5, 5.41) is 18.2. The van der Waals surface area contributed by atoms with E-state index in [4.69, 9.17) is 19.5 Å². The molecule has 0 aliphatic rings. The Balaban J connectivity index is 2.23. The van der Waals surface area contributed by atoms with Crippen molar-refractivity contribution in [1.29, 1.82) is 0 Å². The van der Waals surface area contributed by atoms with Gasteiger partial charge < -0.3 is 19.5 Å². The fourth-order valence-corrected chi connectivity index (χ4v) is 1.95. The molecule has 0 radical (unpaired) electrons. The second-order valence-electron chi connectivity index (χ2n) is 4.80. The molecule has 2 N–H and O–H groups in total. The van der Waals surface area contributed by atoms with E-state index in [9.17, 15) is 13.2 Å². The molecule has 0 spiro atoms. The van der Waals surface area contributed by atoms with Crippen molar-refractivity contribution < 1.29 is 32.7 Å². The Bertz CT molecular complexity index is 674. The van der Waals surface area contributed by atoms with Crippen molar-refractivity contribution in [2.45, 2.75) is 12.8 Å². The molecule has 0 saturated carbocycles. The Kier molecular flexibility index (Phi) is 5.17. The van der Waals surface area contributed by atoms with E-state index in [1.54, 1.807) is 24.3 Å². The Morgan fingerprint density at radius 2 is 1.78 bits per heavy atom. The van der Waals surface area contributed by atoms with Crippen LogP contribution in [0.25, 0.3) is 0 Å². The first-order chi connectivity index (χ1) is 10.8. The van der Waals surface area contributed by atoms with Crippen molar-refractivity contribution in [3.63, 3.8) is 0 Å². The topological polar surface area (TPSA) is 58.9 Å². The molecule has 0 fully saturated rings. The van der Waals surface area contributed by atoms with E-state index in [1.165, 1.54) is 7.11 Å². The molecular weight excluding hydrogens is 312 g/mol. The summed E-state index contributed by atoms with van der Waals surface area (Å²) in [5.74, 6) is 0.493. The summed E-state index contributed by atoms with van der Waals surface area (Å²) in [6, 6.07) is 9.52. The highest BCUT2D eigenvalue weighted by atomic mass is 19.4. The molecule has 0 atom stereocenters. The number of benzene rings is 2. The Labute approximate surface area is 131 Å². The molecule has 122 valence electrons. The van der Waals surface area contributed by atoms with Crippen molar-refractivity contribution in [3.8, 4) is 11.5 Å². The van der Waals surface area contributed by atoms with Gasteiger partial charge in [-0.3, -0.25) is 0 Å². The number of alkyl halides is 3. The first-order valence-electron chi connectivity index (χ1n) is 6.63. The molecule has 2 rings (SSSR count). The fraction of sp³-hybridized carbons (Fsp3) is 0.200. The predicted molar refractivity (Wildman–Crippen MR) is 78.6 cm³/mol. The zero-order valence-electron chi connectivity index (χ0n) is 12.2. The van der Waals surface area contributed by atoms with Crippen LogP contribution >= 0.6 is 0 Å². The van der Waals surface area contributed by atoms with E-state index < -0.39 is 18.9 Å². The molecule has 0 bridgehead atoms. The van der Waals surface area contributed by atoms with Gasteiger partial charge in [0.15, 0.2) is 0 Å². The van der Waals surface area contributed by atoms with Gasteiger partial charge in [-0.2, -0.15) is 13.2 Å². The lowest BCUT2D eigenvalue weighted by molar-refractivity contribution is -0.137. The quantitative estimate of drug-likeness (QED) is 0.825. The summed E-state index contributed by atoms with van der Waals surface area (Å²) in [6.07, 6.45) is -4.61.